The Labute approximate surface area is 140 Å². The van der Waals surface area contributed by atoms with E-state index in [4.69, 9.17) is 16.1 Å². The van der Waals surface area contributed by atoms with Gasteiger partial charge in [0.2, 0.25) is 0 Å². The predicted molar refractivity (Wildman–Crippen MR) is 89.8 cm³/mol. The van der Waals surface area contributed by atoms with Crippen molar-refractivity contribution in [1.82, 2.24) is 10.1 Å². The summed E-state index contributed by atoms with van der Waals surface area (Å²) >= 11 is 5.97. The molecular formula is C17H20ClN3O2. The fraction of sp³-hybridized carbons (Fsp3) is 0.412. The minimum absolute atomic E-state index is 0.0235. The second-order valence-electron chi connectivity index (χ2n) is 5.75. The number of aryl methyl sites for hydroxylation is 2. The first-order chi connectivity index (χ1) is 11.1. The summed E-state index contributed by atoms with van der Waals surface area (Å²) < 4.78 is 5.39. The zero-order valence-electron chi connectivity index (χ0n) is 13.3. The number of urea groups is 1. The summed E-state index contributed by atoms with van der Waals surface area (Å²) in [5.41, 5.74) is 2.63. The maximum atomic E-state index is 12.7. The number of carbonyl (C=O) groups is 1. The molecule has 5 nitrogen and oxygen atoms in total. The number of likely N-dealkylation sites (tertiary alicyclic amines) is 1. The maximum Gasteiger partial charge on any atom is 0.322 e. The van der Waals surface area contributed by atoms with Crippen LogP contribution < -0.4 is 5.32 Å². The number of halogens is 1. The molecule has 1 saturated heterocycles. The van der Waals surface area contributed by atoms with E-state index in [0.29, 0.717) is 10.7 Å². The van der Waals surface area contributed by atoms with Crippen LogP contribution in [0.5, 0.6) is 0 Å². The summed E-state index contributed by atoms with van der Waals surface area (Å²) in [4.78, 5) is 14.5. The molecule has 1 aliphatic heterocycles. The number of rotatable bonds is 3. The Balaban J connectivity index is 1.81. The zero-order valence-corrected chi connectivity index (χ0v) is 14.1. The van der Waals surface area contributed by atoms with E-state index in [1.54, 1.807) is 12.1 Å². The minimum Gasteiger partial charge on any atom is -0.361 e. The molecule has 23 heavy (non-hydrogen) atoms. The van der Waals surface area contributed by atoms with Crippen molar-refractivity contribution in [1.29, 1.82) is 0 Å². The molecule has 2 heterocycles. The number of benzene rings is 1. The number of nitrogens with zero attached hydrogens (tertiary/aromatic N) is 2. The lowest BCUT2D eigenvalue weighted by molar-refractivity contribution is 0.206. The highest BCUT2D eigenvalue weighted by molar-refractivity contribution is 6.30. The van der Waals surface area contributed by atoms with Gasteiger partial charge in [0.15, 0.2) is 0 Å². The first kappa shape index (κ1) is 15.9. The quantitative estimate of drug-likeness (QED) is 0.895. The van der Waals surface area contributed by atoms with Crippen LogP contribution in [0.2, 0.25) is 5.02 Å². The lowest BCUT2D eigenvalue weighted by Crippen LogP contribution is -2.34. The molecule has 1 aromatic carbocycles. The first-order valence-corrected chi connectivity index (χ1v) is 8.26. The molecule has 1 atom stereocenters. The summed E-state index contributed by atoms with van der Waals surface area (Å²) in [6.45, 7) is 4.70. The Morgan fingerprint density at radius 1 is 1.52 bits per heavy atom. The Bertz CT molecular complexity index is 714. The predicted octanol–water partition coefficient (Wildman–Crippen LogP) is 4.57. The van der Waals surface area contributed by atoms with Gasteiger partial charge < -0.3 is 14.7 Å². The van der Waals surface area contributed by atoms with Gasteiger partial charge in [0.1, 0.15) is 5.76 Å². The van der Waals surface area contributed by atoms with Crippen molar-refractivity contribution in [3.63, 3.8) is 0 Å². The molecule has 2 aromatic rings. The zero-order chi connectivity index (χ0) is 16.4. The fourth-order valence-electron chi connectivity index (χ4n) is 3.18. The Morgan fingerprint density at radius 3 is 3.09 bits per heavy atom. The van der Waals surface area contributed by atoms with Gasteiger partial charge in [-0.25, -0.2) is 4.79 Å². The third-order valence-corrected chi connectivity index (χ3v) is 4.46. The fourth-order valence-corrected chi connectivity index (χ4v) is 3.37. The van der Waals surface area contributed by atoms with Crippen LogP contribution in [0.25, 0.3) is 0 Å². The van der Waals surface area contributed by atoms with Gasteiger partial charge in [0.25, 0.3) is 0 Å². The molecule has 1 N–H and O–H groups in total. The maximum absolute atomic E-state index is 12.7. The van der Waals surface area contributed by atoms with E-state index in [1.165, 1.54) is 0 Å². The molecule has 0 saturated carbocycles. The molecule has 1 aromatic heterocycles. The van der Waals surface area contributed by atoms with E-state index < -0.39 is 0 Å². The largest absolute Gasteiger partial charge is 0.361 e. The average Bonchev–Trinajstić information content (AvgIpc) is 3.13. The number of amides is 2. The molecule has 0 radical (unpaired) electrons. The van der Waals surface area contributed by atoms with Crippen molar-refractivity contribution < 1.29 is 9.32 Å². The topological polar surface area (TPSA) is 58.4 Å². The smallest absolute Gasteiger partial charge is 0.322 e. The molecule has 6 heteroatoms. The van der Waals surface area contributed by atoms with Crippen LogP contribution in [-0.2, 0) is 6.42 Å². The van der Waals surface area contributed by atoms with Crippen molar-refractivity contribution >= 4 is 23.3 Å². The summed E-state index contributed by atoms with van der Waals surface area (Å²) in [6.07, 6.45) is 2.68. The van der Waals surface area contributed by atoms with E-state index in [-0.39, 0.29) is 12.1 Å². The number of hydrogen-bond acceptors (Lipinski definition) is 3. The SMILES string of the molecule is CCc1onc(C)c1C1CCCN1C(=O)Nc1cccc(Cl)c1. The average molecular weight is 334 g/mol. The first-order valence-electron chi connectivity index (χ1n) is 7.88. The van der Waals surface area contributed by atoms with Gasteiger partial charge in [0, 0.05) is 29.2 Å². The molecule has 1 unspecified atom stereocenters. The highest BCUT2D eigenvalue weighted by Crippen LogP contribution is 2.36. The third kappa shape index (κ3) is 3.20. The summed E-state index contributed by atoms with van der Waals surface area (Å²) in [5, 5.41) is 7.60. The van der Waals surface area contributed by atoms with Crippen molar-refractivity contribution in [2.24, 2.45) is 0 Å². The Morgan fingerprint density at radius 2 is 2.35 bits per heavy atom. The van der Waals surface area contributed by atoms with Gasteiger partial charge in [-0.1, -0.05) is 29.7 Å². The van der Waals surface area contributed by atoms with Crippen molar-refractivity contribution in [2.75, 3.05) is 11.9 Å². The number of hydrogen-bond donors (Lipinski definition) is 1. The van der Waals surface area contributed by atoms with Crippen LogP contribution in [-0.4, -0.2) is 22.6 Å². The lowest BCUT2D eigenvalue weighted by atomic mass is 10.0. The summed E-state index contributed by atoms with van der Waals surface area (Å²) in [5.74, 6) is 0.870. The molecule has 0 spiro atoms. The third-order valence-electron chi connectivity index (χ3n) is 4.23. The van der Waals surface area contributed by atoms with E-state index in [9.17, 15) is 4.79 Å². The van der Waals surface area contributed by atoms with Crippen molar-refractivity contribution in [3.8, 4) is 0 Å². The monoisotopic (exact) mass is 333 g/mol. The molecule has 1 aliphatic rings. The summed E-state index contributed by atoms with van der Waals surface area (Å²) in [7, 11) is 0. The summed E-state index contributed by atoms with van der Waals surface area (Å²) in [6, 6.07) is 7.08. The molecule has 2 amide bonds. The number of aromatic nitrogens is 1. The highest BCUT2D eigenvalue weighted by Gasteiger charge is 2.34. The molecule has 3 rings (SSSR count). The van der Waals surface area contributed by atoms with Crippen LogP contribution in [0.1, 0.15) is 42.8 Å². The standard InChI is InChI=1S/C17H20ClN3O2/c1-3-15-16(11(2)20-23-15)14-8-5-9-21(14)17(22)19-13-7-4-6-12(18)10-13/h4,6-7,10,14H,3,5,8-9H2,1-2H3,(H,19,22). The van der Waals surface area contributed by atoms with Gasteiger partial charge in [-0.05, 0) is 38.0 Å². The molecular weight excluding hydrogens is 314 g/mol. The Hall–Kier alpha value is -2.01. The van der Waals surface area contributed by atoms with Crippen LogP contribution in [0.15, 0.2) is 28.8 Å². The van der Waals surface area contributed by atoms with E-state index in [2.05, 4.69) is 10.5 Å². The van der Waals surface area contributed by atoms with Gasteiger partial charge in [-0.15, -0.1) is 0 Å². The second kappa shape index (κ2) is 6.62. The van der Waals surface area contributed by atoms with E-state index >= 15 is 0 Å². The van der Waals surface area contributed by atoms with Gasteiger partial charge in [0.05, 0.1) is 11.7 Å². The van der Waals surface area contributed by atoms with Crippen LogP contribution in [0, 0.1) is 6.92 Å². The van der Waals surface area contributed by atoms with Crippen LogP contribution in [0.4, 0.5) is 10.5 Å². The molecule has 1 fully saturated rings. The minimum atomic E-state index is -0.114. The van der Waals surface area contributed by atoms with Gasteiger partial charge in [-0.3, -0.25) is 0 Å². The van der Waals surface area contributed by atoms with Crippen molar-refractivity contribution in [2.45, 2.75) is 39.2 Å². The van der Waals surface area contributed by atoms with Crippen LogP contribution >= 0.6 is 11.6 Å². The number of carbonyl (C=O) groups excluding carboxylic acids is 1. The number of nitrogens with one attached hydrogen (secondary N) is 1. The van der Waals surface area contributed by atoms with Crippen molar-refractivity contribution in [3.05, 3.63) is 46.3 Å². The van der Waals surface area contributed by atoms with E-state index in [1.807, 2.05) is 30.9 Å². The lowest BCUT2D eigenvalue weighted by Gasteiger charge is -2.25. The molecule has 0 aliphatic carbocycles. The molecule has 0 bridgehead atoms. The second-order valence-corrected chi connectivity index (χ2v) is 6.19. The highest BCUT2D eigenvalue weighted by atomic mass is 35.5. The van der Waals surface area contributed by atoms with Crippen LogP contribution in [0.3, 0.4) is 0 Å². The normalized spacial score (nSPS) is 17.5. The number of anilines is 1. The van der Waals surface area contributed by atoms with E-state index in [0.717, 1.165) is 42.8 Å². The molecule has 122 valence electrons. The van der Waals surface area contributed by atoms with Gasteiger partial charge >= 0.3 is 6.03 Å². The Kier molecular flexibility index (Phi) is 4.57. The van der Waals surface area contributed by atoms with Gasteiger partial charge in [-0.2, -0.15) is 0 Å².